The van der Waals surface area contributed by atoms with Crippen LogP contribution >= 0.6 is 0 Å². The van der Waals surface area contributed by atoms with Crippen LogP contribution in [0.25, 0.3) is 0 Å². The molecule has 8 heteroatoms. The number of hydrogen-bond acceptors (Lipinski definition) is 7. The molecule has 8 nitrogen and oxygen atoms in total. The van der Waals surface area contributed by atoms with Crippen LogP contribution in [0, 0.1) is 0 Å². The van der Waals surface area contributed by atoms with E-state index in [2.05, 4.69) is 62.5 Å². The Balaban J connectivity index is 4.23. The number of ether oxygens (including phenoxy) is 3. The molecule has 0 fully saturated rings. The number of unbranched alkanes of at least 4 members (excludes halogenated alkanes) is 25. The second-order valence-corrected chi connectivity index (χ2v) is 18.7. The summed E-state index contributed by atoms with van der Waals surface area (Å²) in [7, 11) is 5.42. The number of carbonyl (C=O) groups excluding carboxylic acids is 3. The number of carbonyl (C=O) groups is 3. The molecule has 63 heavy (non-hydrogen) atoms. The molecule has 0 spiro atoms. The summed E-state index contributed by atoms with van der Waals surface area (Å²) in [5.41, 5.74) is 0. The highest BCUT2D eigenvalue weighted by Gasteiger charge is 2.25. The van der Waals surface area contributed by atoms with Crippen molar-refractivity contribution in [3.63, 3.8) is 0 Å². The predicted octanol–water partition coefficient (Wildman–Crippen LogP) is 13.8. The first-order valence-corrected chi connectivity index (χ1v) is 26.2. The second-order valence-electron chi connectivity index (χ2n) is 18.7. The van der Waals surface area contributed by atoms with Crippen molar-refractivity contribution >= 4 is 17.9 Å². The minimum atomic E-state index is -1.13. The SMILES string of the molecule is CC/C=C/C/C=C/C/C=C/CCCCCCCCCCCCC(=O)OC(COCCC(C(=O)[O-])[N+](C)(C)C)COC(=O)CCCCCCCCC/C=C/CCCCCCCCCC. The summed E-state index contributed by atoms with van der Waals surface area (Å²) in [5, 5.41) is 11.7. The number of rotatable bonds is 47. The molecule has 0 aromatic rings. The molecule has 0 bridgehead atoms. The molecule has 0 saturated carbocycles. The highest BCUT2D eigenvalue weighted by Crippen LogP contribution is 2.15. The lowest BCUT2D eigenvalue weighted by Gasteiger charge is -2.34. The summed E-state index contributed by atoms with van der Waals surface area (Å²) in [6.07, 6.45) is 55.7. The van der Waals surface area contributed by atoms with Crippen LogP contribution in [0.15, 0.2) is 48.6 Å². The molecule has 0 N–H and O–H groups in total. The number of esters is 2. The van der Waals surface area contributed by atoms with E-state index in [-0.39, 0.29) is 42.7 Å². The molecule has 0 rings (SSSR count). The van der Waals surface area contributed by atoms with Crippen molar-refractivity contribution in [3.05, 3.63) is 48.6 Å². The van der Waals surface area contributed by atoms with E-state index in [9.17, 15) is 19.5 Å². The van der Waals surface area contributed by atoms with Gasteiger partial charge in [-0.2, -0.15) is 0 Å². The molecule has 0 saturated heterocycles. The molecule has 2 atom stereocenters. The smallest absolute Gasteiger partial charge is 0.306 e. The van der Waals surface area contributed by atoms with Crippen molar-refractivity contribution in [2.75, 3.05) is 41.0 Å². The van der Waals surface area contributed by atoms with Crippen LogP contribution in [0.4, 0.5) is 0 Å². The largest absolute Gasteiger partial charge is 0.544 e. The molecule has 0 aromatic carbocycles. The van der Waals surface area contributed by atoms with Gasteiger partial charge in [0.25, 0.3) is 0 Å². The lowest BCUT2D eigenvalue weighted by Crippen LogP contribution is -2.55. The minimum Gasteiger partial charge on any atom is -0.544 e. The Morgan fingerprint density at radius 3 is 1.33 bits per heavy atom. The van der Waals surface area contributed by atoms with Gasteiger partial charge in [0.05, 0.1) is 40.3 Å². The molecule has 0 aliphatic heterocycles. The number of nitrogens with zero attached hydrogens (tertiary/aromatic N) is 1. The van der Waals surface area contributed by atoms with Gasteiger partial charge < -0.3 is 28.6 Å². The van der Waals surface area contributed by atoms with Crippen molar-refractivity contribution in [2.45, 2.75) is 244 Å². The van der Waals surface area contributed by atoms with Crippen LogP contribution in [0.1, 0.15) is 232 Å². The molecule has 0 aliphatic rings. The van der Waals surface area contributed by atoms with Crippen molar-refractivity contribution < 1.29 is 38.2 Å². The van der Waals surface area contributed by atoms with E-state index >= 15 is 0 Å². The molecule has 0 amide bonds. The summed E-state index contributed by atoms with van der Waals surface area (Å²) in [6, 6.07) is -0.728. The quantitative estimate of drug-likeness (QED) is 0.0259. The molecule has 0 heterocycles. The Hall–Kier alpha value is -2.71. The van der Waals surface area contributed by atoms with E-state index in [1.807, 2.05) is 0 Å². The number of quaternary nitrogens is 1. The van der Waals surface area contributed by atoms with E-state index in [1.54, 1.807) is 21.1 Å². The highest BCUT2D eigenvalue weighted by atomic mass is 16.6. The minimum absolute atomic E-state index is 0.0384. The van der Waals surface area contributed by atoms with Crippen LogP contribution in [-0.4, -0.2) is 75.5 Å². The fourth-order valence-corrected chi connectivity index (χ4v) is 7.67. The van der Waals surface area contributed by atoms with Gasteiger partial charge >= 0.3 is 11.9 Å². The van der Waals surface area contributed by atoms with Gasteiger partial charge in [-0.1, -0.05) is 191 Å². The molecule has 0 aliphatic carbocycles. The number of allylic oxidation sites excluding steroid dienone is 8. The van der Waals surface area contributed by atoms with Crippen molar-refractivity contribution in [1.82, 2.24) is 0 Å². The lowest BCUT2D eigenvalue weighted by atomic mass is 10.0. The number of likely N-dealkylation sites (N-methyl/N-ethyl adjacent to an activating group) is 1. The standard InChI is InChI=1S/C55H99NO7/c1-6-8-10-12-14-16-18-20-22-24-26-28-30-32-34-36-38-40-42-44-46-54(58)63-51(49-61-48-47-52(55(59)60)56(3,4)5)50-62-53(57)45-43-41-39-37-35-33-31-29-27-25-23-21-19-17-15-13-11-9-7-2/h8,10,14,16,20,22,25,27,51-52H,6-7,9,11-13,15,17-19,21,23-24,26,28-50H2,1-5H3/b10-8+,16-14+,22-20+,27-25+. The van der Waals surface area contributed by atoms with E-state index in [0.717, 1.165) is 57.8 Å². The summed E-state index contributed by atoms with van der Waals surface area (Å²) in [6.45, 7) is 4.57. The number of carboxylic acid groups (broad SMARTS) is 1. The van der Waals surface area contributed by atoms with Gasteiger partial charge in [0.1, 0.15) is 12.6 Å². The van der Waals surface area contributed by atoms with Crippen molar-refractivity contribution in [3.8, 4) is 0 Å². The zero-order valence-electron chi connectivity index (χ0n) is 41.7. The Morgan fingerprint density at radius 1 is 0.492 bits per heavy atom. The fraction of sp³-hybridized carbons (Fsp3) is 0.800. The van der Waals surface area contributed by atoms with Crippen LogP contribution in [0.5, 0.6) is 0 Å². The molecule has 0 aromatic heterocycles. The molecular formula is C55H99NO7. The van der Waals surface area contributed by atoms with Crippen molar-refractivity contribution in [1.29, 1.82) is 0 Å². The van der Waals surface area contributed by atoms with E-state index in [4.69, 9.17) is 14.2 Å². The summed E-state index contributed by atoms with van der Waals surface area (Å²) >= 11 is 0. The molecular weight excluding hydrogens is 787 g/mol. The third-order valence-electron chi connectivity index (χ3n) is 11.7. The Labute approximate surface area is 388 Å². The van der Waals surface area contributed by atoms with Gasteiger partial charge in [0, 0.05) is 19.3 Å². The monoisotopic (exact) mass is 886 g/mol. The summed E-state index contributed by atoms with van der Waals surface area (Å²) < 4.78 is 17.3. The lowest BCUT2D eigenvalue weighted by molar-refractivity contribution is -0.889. The Bertz CT molecular complexity index is 1170. The van der Waals surface area contributed by atoms with E-state index in [0.29, 0.717) is 12.8 Å². The van der Waals surface area contributed by atoms with Crippen LogP contribution < -0.4 is 5.11 Å². The Morgan fingerprint density at radius 2 is 0.889 bits per heavy atom. The molecule has 2 unspecified atom stereocenters. The Kier molecular flexibility index (Phi) is 43.9. The van der Waals surface area contributed by atoms with Crippen molar-refractivity contribution in [2.24, 2.45) is 0 Å². The van der Waals surface area contributed by atoms with Gasteiger partial charge in [-0.25, -0.2) is 0 Å². The van der Waals surface area contributed by atoms with E-state index in [1.165, 1.54) is 141 Å². The number of hydrogen-bond donors (Lipinski definition) is 0. The van der Waals surface area contributed by atoms with Gasteiger partial charge in [0.2, 0.25) is 0 Å². The maximum atomic E-state index is 12.8. The first-order chi connectivity index (χ1) is 30.6. The van der Waals surface area contributed by atoms with Gasteiger partial charge in [0.15, 0.2) is 6.10 Å². The van der Waals surface area contributed by atoms with Gasteiger partial charge in [-0.3, -0.25) is 9.59 Å². The van der Waals surface area contributed by atoms with E-state index < -0.39 is 18.1 Å². The fourth-order valence-electron chi connectivity index (χ4n) is 7.67. The zero-order chi connectivity index (χ0) is 46.3. The first kappa shape index (κ1) is 60.3. The number of carboxylic acids is 1. The van der Waals surface area contributed by atoms with Crippen LogP contribution in [0.3, 0.4) is 0 Å². The number of aliphatic carboxylic acids is 1. The molecule has 366 valence electrons. The van der Waals surface area contributed by atoms with Gasteiger partial charge in [-0.05, 0) is 70.6 Å². The topological polar surface area (TPSA) is 102 Å². The van der Waals surface area contributed by atoms with Crippen LogP contribution in [0.2, 0.25) is 0 Å². The van der Waals surface area contributed by atoms with Crippen LogP contribution in [-0.2, 0) is 28.6 Å². The average Bonchev–Trinajstić information content (AvgIpc) is 3.24. The van der Waals surface area contributed by atoms with Gasteiger partial charge in [-0.15, -0.1) is 0 Å². The average molecular weight is 886 g/mol. The summed E-state index contributed by atoms with van der Waals surface area (Å²) in [5.74, 6) is -1.74. The second kappa shape index (κ2) is 45.8. The third kappa shape index (κ3) is 44.3. The zero-order valence-corrected chi connectivity index (χ0v) is 41.7. The molecule has 0 radical (unpaired) electrons. The third-order valence-corrected chi connectivity index (χ3v) is 11.7. The first-order valence-electron chi connectivity index (χ1n) is 26.2. The predicted molar refractivity (Wildman–Crippen MR) is 263 cm³/mol. The summed E-state index contributed by atoms with van der Waals surface area (Å²) in [4.78, 5) is 37.1. The maximum absolute atomic E-state index is 12.8. The maximum Gasteiger partial charge on any atom is 0.306 e. The highest BCUT2D eigenvalue weighted by molar-refractivity contribution is 5.70. The normalized spacial score (nSPS) is 13.2.